The van der Waals surface area contributed by atoms with Crippen LogP contribution in [-0.4, -0.2) is 40.7 Å². The minimum Gasteiger partial charge on any atom is -0.497 e. The van der Waals surface area contributed by atoms with Crippen LogP contribution in [0.2, 0.25) is 0 Å². The van der Waals surface area contributed by atoms with Gasteiger partial charge in [0.05, 0.1) is 23.7 Å². The molecule has 2 aromatic carbocycles. The van der Waals surface area contributed by atoms with Crippen molar-refractivity contribution in [1.29, 1.82) is 0 Å². The van der Waals surface area contributed by atoms with E-state index in [1.54, 1.807) is 54.9 Å². The average molecular weight is 441 g/mol. The summed E-state index contributed by atoms with van der Waals surface area (Å²) in [7, 11) is 1.59. The van der Waals surface area contributed by atoms with Gasteiger partial charge in [-0.25, -0.2) is 14.4 Å². The fourth-order valence-electron chi connectivity index (χ4n) is 3.05. The van der Waals surface area contributed by atoms with E-state index in [4.69, 9.17) is 9.47 Å². The second-order valence-electron chi connectivity index (χ2n) is 6.77. The molecular weight excluding hydrogens is 419 g/mol. The molecule has 0 bridgehead atoms. The van der Waals surface area contributed by atoms with E-state index in [9.17, 15) is 9.18 Å². The standard InChI is InChI=1S/C22H21FN4O3S/c1-29-17-4-6-18(7-5-17)30-14-21(28)27(11-2-10-26-12-9-24-15-26)22-25-19-8-3-16(23)13-20(19)31-22/h3-9,12-13,15H,2,10-11,14H2,1H3. The third-order valence-corrected chi connectivity index (χ3v) is 5.69. The fraction of sp³-hybridized carbons (Fsp3) is 0.227. The van der Waals surface area contributed by atoms with Crippen molar-refractivity contribution in [3.63, 3.8) is 0 Å². The number of imidazole rings is 1. The van der Waals surface area contributed by atoms with Crippen LogP contribution in [0.25, 0.3) is 10.2 Å². The van der Waals surface area contributed by atoms with Gasteiger partial charge in [-0.15, -0.1) is 0 Å². The summed E-state index contributed by atoms with van der Waals surface area (Å²) >= 11 is 1.29. The molecule has 160 valence electrons. The van der Waals surface area contributed by atoms with E-state index in [-0.39, 0.29) is 18.3 Å². The number of rotatable bonds is 9. The van der Waals surface area contributed by atoms with Crippen LogP contribution in [0.3, 0.4) is 0 Å². The van der Waals surface area contributed by atoms with Crippen molar-refractivity contribution >= 4 is 32.6 Å². The van der Waals surface area contributed by atoms with Crippen molar-refractivity contribution in [1.82, 2.24) is 14.5 Å². The molecule has 9 heteroatoms. The Bertz CT molecular complexity index is 1150. The molecule has 1 amide bonds. The molecule has 2 aromatic heterocycles. The van der Waals surface area contributed by atoms with E-state index in [0.29, 0.717) is 46.4 Å². The molecule has 0 spiro atoms. The molecule has 0 atom stereocenters. The van der Waals surface area contributed by atoms with Gasteiger partial charge in [-0.3, -0.25) is 9.69 Å². The summed E-state index contributed by atoms with van der Waals surface area (Å²) in [5.41, 5.74) is 0.657. The summed E-state index contributed by atoms with van der Waals surface area (Å²) in [6.07, 6.45) is 6.03. The van der Waals surface area contributed by atoms with Crippen LogP contribution in [0, 0.1) is 5.82 Å². The van der Waals surface area contributed by atoms with Gasteiger partial charge in [-0.05, 0) is 48.9 Å². The Labute approximate surface area is 182 Å². The number of anilines is 1. The van der Waals surface area contributed by atoms with Crippen molar-refractivity contribution in [2.75, 3.05) is 25.2 Å². The van der Waals surface area contributed by atoms with E-state index in [1.807, 2.05) is 10.8 Å². The van der Waals surface area contributed by atoms with Gasteiger partial charge in [0.1, 0.15) is 17.3 Å². The van der Waals surface area contributed by atoms with Crippen molar-refractivity contribution in [3.8, 4) is 11.5 Å². The van der Waals surface area contributed by atoms with Gasteiger partial charge in [0, 0.05) is 25.5 Å². The highest BCUT2D eigenvalue weighted by molar-refractivity contribution is 7.22. The fourth-order valence-corrected chi connectivity index (χ4v) is 4.09. The predicted molar refractivity (Wildman–Crippen MR) is 117 cm³/mol. The summed E-state index contributed by atoms with van der Waals surface area (Å²) in [6.45, 7) is 1.02. The number of hydrogen-bond donors (Lipinski definition) is 0. The first kappa shape index (κ1) is 20.8. The van der Waals surface area contributed by atoms with Crippen molar-refractivity contribution in [2.24, 2.45) is 0 Å². The molecule has 0 radical (unpaired) electrons. The molecule has 0 unspecified atom stereocenters. The number of methoxy groups -OCH3 is 1. The molecule has 0 saturated heterocycles. The Morgan fingerprint density at radius 2 is 2.00 bits per heavy atom. The van der Waals surface area contributed by atoms with Crippen LogP contribution >= 0.6 is 11.3 Å². The second kappa shape index (κ2) is 9.57. The molecule has 2 heterocycles. The summed E-state index contributed by atoms with van der Waals surface area (Å²) in [5, 5.41) is 0.523. The number of carbonyl (C=O) groups is 1. The van der Waals surface area contributed by atoms with Gasteiger partial charge in [0.15, 0.2) is 11.7 Å². The van der Waals surface area contributed by atoms with Crippen molar-refractivity contribution in [2.45, 2.75) is 13.0 Å². The van der Waals surface area contributed by atoms with Crippen molar-refractivity contribution in [3.05, 3.63) is 67.0 Å². The molecule has 4 rings (SSSR count). The maximum atomic E-state index is 13.6. The van der Waals surface area contributed by atoms with Crippen LogP contribution in [0.5, 0.6) is 11.5 Å². The van der Waals surface area contributed by atoms with E-state index in [1.165, 1.54) is 23.5 Å². The topological polar surface area (TPSA) is 69.5 Å². The van der Waals surface area contributed by atoms with Gasteiger partial charge in [0.25, 0.3) is 5.91 Å². The molecule has 0 saturated carbocycles. The zero-order chi connectivity index (χ0) is 21.6. The SMILES string of the molecule is COc1ccc(OCC(=O)N(CCCn2ccnc2)c2nc3ccc(F)cc3s2)cc1. The van der Waals surface area contributed by atoms with Gasteiger partial charge in [-0.2, -0.15) is 0 Å². The Balaban J connectivity index is 1.48. The van der Waals surface area contributed by atoms with Gasteiger partial charge < -0.3 is 14.0 Å². The molecule has 7 nitrogen and oxygen atoms in total. The molecule has 31 heavy (non-hydrogen) atoms. The summed E-state index contributed by atoms with van der Waals surface area (Å²) < 4.78 is 27.0. The summed E-state index contributed by atoms with van der Waals surface area (Å²) in [5.74, 6) is 0.727. The van der Waals surface area contributed by atoms with E-state index in [0.717, 1.165) is 0 Å². The first-order valence-corrected chi connectivity index (χ1v) is 10.5. The van der Waals surface area contributed by atoms with E-state index < -0.39 is 0 Å². The minimum absolute atomic E-state index is 0.137. The lowest BCUT2D eigenvalue weighted by molar-refractivity contribution is -0.120. The Morgan fingerprint density at radius 1 is 1.19 bits per heavy atom. The monoisotopic (exact) mass is 440 g/mol. The highest BCUT2D eigenvalue weighted by Gasteiger charge is 2.20. The van der Waals surface area contributed by atoms with Gasteiger partial charge in [0.2, 0.25) is 0 Å². The lowest BCUT2D eigenvalue weighted by Gasteiger charge is -2.20. The van der Waals surface area contributed by atoms with Gasteiger partial charge in [-0.1, -0.05) is 11.3 Å². The largest absolute Gasteiger partial charge is 0.497 e. The van der Waals surface area contributed by atoms with Crippen molar-refractivity contribution < 1.29 is 18.7 Å². The Kier molecular flexibility index (Phi) is 6.42. The lowest BCUT2D eigenvalue weighted by atomic mass is 10.3. The normalized spacial score (nSPS) is 10.9. The van der Waals surface area contributed by atoms with Crippen LogP contribution in [-0.2, 0) is 11.3 Å². The third-order valence-electron chi connectivity index (χ3n) is 4.65. The van der Waals surface area contributed by atoms with Crippen LogP contribution in [0.15, 0.2) is 61.2 Å². The number of amides is 1. The minimum atomic E-state index is -0.330. The summed E-state index contributed by atoms with van der Waals surface area (Å²) in [6, 6.07) is 11.4. The smallest absolute Gasteiger partial charge is 0.266 e. The number of nitrogens with zero attached hydrogens (tertiary/aromatic N) is 4. The molecule has 0 fully saturated rings. The molecule has 0 aliphatic heterocycles. The molecule has 0 N–H and O–H groups in total. The molecule has 0 aliphatic rings. The second-order valence-corrected chi connectivity index (χ2v) is 7.78. The number of halogens is 1. The van der Waals surface area contributed by atoms with E-state index >= 15 is 0 Å². The number of benzene rings is 2. The first-order chi connectivity index (χ1) is 15.1. The number of hydrogen-bond acceptors (Lipinski definition) is 6. The number of fused-ring (bicyclic) bond motifs is 1. The Morgan fingerprint density at radius 3 is 2.74 bits per heavy atom. The van der Waals surface area contributed by atoms with Crippen LogP contribution < -0.4 is 14.4 Å². The molecule has 0 aliphatic carbocycles. The number of thiazole rings is 1. The molecule has 4 aromatic rings. The highest BCUT2D eigenvalue weighted by atomic mass is 32.1. The Hall–Kier alpha value is -3.46. The van der Waals surface area contributed by atoms with Gasteiger partial charge >= 0.3 is 0 Å². The zero-order valence-electron chi connectivity index (χ0n) is 16.9. The number of aryl methyl sites for hydroxylation is 1. The highest BCUT2D eigenvalue weighted by Crippen LogP contribution is 2.30. The number of carbonyl (C=O) groups excluding carboxylic acids is 1. The quantitative estimate of drug-likeness (QED) is 0.391. The van der Waals surface area contributed by atoms with Crippen LogP contribution in [0.4, 0.5) is 9.52 Å². The molecular formula is C22H21FN4O3S. The maximum Gasteiger partial charge on any atom is 0.266 e. The third kappa shape index (κ3) is 5.18. The van der Waals surface area contributed by atoms with E-state index in [2.05, 4.69) is 9.97 Å². The first-order valence-electron chi connectivity index (χ1n) is 9.71. The average Bonchev–Trinajstić information content (AvgIpc) is 3.44. The number of aromatic nitrogens is 3. The van der Waals surface area contributed by atoms with Crippen LogP contribution in [0.1, 0.15) is 6.42 Å². The lowest BCUT2D eigenvalue weighted by Crippen LogP contribution is -2.36. The number of ether oxygens (including phenoxy) is 2. The zero-order valence-corrected chi connectivity index (χ0v) is 17.7. The summed E-state index contributed by atoms with van der Waals surface area (Å²) in [4.78, 5) is 23.2. The predicted octanol–water partition coefficient (Wildman–Crippen LogP) is 4.14. The maximum absolute atomic E-state index is 13.6.